The fraction of sp³-hybridized carbons (Fsp3) is 0.800. The average molecular weight is 104 g/mol. The molecule has 0 amide bonds. The van der Waals surface area contributed by atoms with Crippen LogP contribution < -0.4 is 0 Å². The number of hydrogen-bond donors (Lipinski definition) is 0. The lowest BCUT2D eigenvalue weighted by atomic mass is 10.4. The van der Waals surface area contributed by atoms with Crippen LogP contribution in [0.3, 0.4) is 0 Å². The van der Waals surface area contributed by atoms with E-state index in [0.717, 1.165) is 0 Å². The second-order valence-electron chi connectivity index (χ2n) is 1.72. The molecule has 1 rings (SSSR count). The van der Waals surface area contributed by atoms with Crippen LogP contribution in [0.5, 0.6) is 0 Å². The van der Waals surface area contributed by atoms with Gasteiger partial charge in [0.1, 0.15) is 0 Å². The Balaban J connectivity index is 2.18. The van der Waals surface area contributed by atoms with E-state index in [2.05, 4.69) is 0 Å². The van der Waals surface area contributed by atoms with Gasteiger partial charge in [0.25, 0.3) is 0 Å². The molecular weight excluding hydrogens is 95.5 g/mol. The van der Waals surface area contributed by atoms with Gasteiger partial charge in [0, 0.05) is 0 Å². The summed E-state index contributed by atoms with van der Waals surface area (Å²) in [6.45, 7) is 0. The molecule has 0 bridgehead atoms. The van der Waals surface area contributed by atoms with Gasteiger partial charge in [-0.25, -0.2) is 0 Å². The van der Waals surface area contributed by atoms with E-state index in [1.54, 1.807) is 0 Å². The summed E-state index contributed by atoms with van der Waals surface area (Å²) in [7, 11) is 0. The summed E-state index contributed by atoms with van der Waals surface area (Å²) in [4.78, 5) is 0. The summed E-state index contributed by atoms with van der Waals surface area (Å²) in [5.41, 5.74) is 0. The van der Waals surface area contributed by atoms with Crippen LogP contribution in [-0.2, 0) is 0 Å². The molecule has 0 aliphatic heterocycles. The molecule has 0 aromatic carbocycles. The Morgan fingerprint density at radius 2 is 1.67 bits per heavy atom. The molecule has 0 spiro atoms. The lowest BCUT2D eigenvalue weighted by Gasteiger charge is -1.86. The van der Waals surface area contributed by atoms with Gasteiger partial charge in [0.2, 0.25) is 0 Å². The third kappa shape index (κ3) is 0.874. The minimum Gasteiger partial charge on any atom is -0.117 e. The molecular formula is C5H8Cl. The molecule has 1 aliphatic rings. The van der Waals surface area contributed by atoms with E-state index in [0.29, 0.717) is 0 Å². The number of halogens is 1. The van der Waals surface area contributed by atoms with Crippen molar-refractivity contribution in [3.05, 3.63) is 5.38 Å². The van der Waals surface area contributed by atoms with Gasteiger partial charge in [-0.05, 0) is 12.8 Å². The standard InChI is InChI=1S/C5H8Cl/c6-5-3-1-2-4-5/h1-4H2. The van der Waals surface area contributed by atoms with Gasteiger partial charge in [-0.2, -0.15) is 0 Å². The zero-order chi connectivity index (χ0) is 4.41. The zero-order valence-corrected chi connectivity index (χ0v) is 4.46. The molecule has 1 heteroatoms. The summed E-state index contributed by atoms with van der Waals surface area (Å²) in [6.07, 6.45) is 4.97. The Hall–Kier alpha value is 0.290. The smallest absolute Gasteiger partial charge is 0.0637 e. The second-order valence-corrected chi connectivity index (χ2v) is 2.26. The maximum atomic E-state index is 5.63. The molecule has 0 atom stereocenters. The molecule has 6 heavy (non-hydrogen) atoms. The molecule has 1 radical (unpaired) electrons. The van der Waals surface area contributed by atoms with E-state index in [4.69, 9.17) is 11.6 Å². The van der Waals surface area contributed by atoms with Gasteiger partial charge >= 0.3 is 0 Å². The van der Waals surface area contributed by atoms with Crippen LogP contribution in [0.4, 0.5) is 0 Å². The van der Waals surface area contributed by atoms with Gasteiger partial charge in [0.15, 0.2) is 0 Å². The first-order chi connectivity index (χ1) is 2.89. The maximum absolute atomic E-state index is 5.63. The Morgan fingerprint density at radius 3 is 1.83 bits per heavy atom. The SMILES string of the molecule is Cl[C]1CCCC1. The molecule has 1 saturated carbocycles. The van der Waals surface area contributed by atoms with E-state index >= 15 is 0 Å². The zero-order valence-electron chi connectivity index (χ0n) is 3.71. The van der Waals surface area contributed by atoms with E-state index in [9.17, 15) is 0 Å². The third-order valence-corrected chi connectivity index (χ3v) is 1.52. The fourth-order valence-electron chi connectivity index (χ4n) is 0.759. The number of rotatable bonds is 0. The predicted molar refractivity (Wildman–Crippen MR) is 27.6 cm³/mol. The van der Waals surface area contributed by atoms with Crippen molar-refractivity contribution in [2.75, 3.05) is 0 Å². The summed E-state index contributed by atoms with van der Waals surface area (Å²) < 4.78 is 0. The molecule has 35 valence electrons. The van der Waals surface area contributed by atoms with Crippen molar-refractivity contribution >= 4 is 11.6 Å². The van der Waals surface area contributed by atoms with Crippen molar-refractivity contribution in [1.82, 2.24) is 0 Å². The molecule has 0 unspecified atom stereocenters. The first-order valence-corrected chi connectivity index (χ1v) is 2.77. The Labute approximate surface area is 43.5 Å². The molecule has 1 fully saturated rings. The van der Waals surface area contributed by atoms with Gasteiger partial charge in [-0.15, -0.1) is 11.6 Å². The lowest BCUT2D eigenvalue weighted by Crippen LogP contribution is -1.69. The van der Waals surface area contributed by atoms with Crippen molar-refractivity contribution in [2.45, 2.75) is 25.7 Å². The highest BCUT2D eigenvalue weighted by atomic mass is 35.5. The highest BCUT2D eigenvalue weighted by molar-refractivity contribution is 6.26. The van der Waals surface area contributed by atoms with Gasteiger partial charge in [0.05, 0.1) is 5.38 Å². The largest absolute Gasteiger partial charge is 0.117 e. The van der Waals surface area contributed by atoms with Crippen LogP contribution in [0.2, 0.25) is 0 Å². The van der Waals surface area contributed by atoms with E-state index in [-0.39, 0.29) is 0 Å². The normalized spacial score (nSPS) is 25.5. The van der Waals surface area contributed by atoms with Gasteiger partial charge in [-0.1, -0.05) is 12.8 Å². The molecule has 0 nitrogen and oxygen atoms in total. The van der Waals surface area contributed by atoms with E-state index in [1.165, 1.54) is 31.1 Å². The van der Waals surface area contributed by atoms with Crippen molar-refractivity contribution in [3.8, 4) is 0 Å². The average Bonchev–Trinajstić information content (AvgIpc) is 1.86. The fourth-order valence-corrected chi connectivity index (χ4v) is 1.03. The monoisotopic (exact) mass is 103 g/mol. The Morgan fingerprint density at radius 1 is 1.17 bits per heavy atom. The third-order valence-electron chi connectivity index (χ3n) is 1.15. The number of hydrogen-bond acceptors (Lipinski definition) is 0. The second kappa shape index (κ2) is 1.83. The van der Waals surface area contributed by atoms with Crippen LogP contribution in [-0.4, -0.2) is 0 Å². The Kier molecular flexibility index (Phi) is 1.36. The quantitative estimate of drug-likeness (QED) is 0.442. The van der Waals surface area contributed by atoms with Crippen LogP contribution in [0, 0.1) is 5.38 Å². The lowest BCUT2D eigenvalue weighted by molar-refractivity contribution is 0.886. The summed E-state index contributed by atoms with van der Waals surface area (Å²) in [5, 5.41) is 1.18. The van der Waals surface area contributed by atoms with Gasteiger partial charge < -0.3 is 0 Å². The van der Waals surface area contributed by atoms with Crippen LogP contribution in [0.1, 0.15) is 25.7 Å². The molecule has 0 N–H and O–H groups in total. The van der Waals surface area contributed by atoms with Crippen molar-refractivity contribution in [1.29, 1.82) is 0 Å². The van der Waals surface area contributed by atoms with Crippen LogP contribution >= 0.6 is 11.6 Å². The van der Waals surface area contributed by atoms with Crippen LogP contribution in [0.25, 0.3) is 0 Å². The van der Waals surface area contributed by atoms with E-state index < -0.39 is 0 Å². The van der Waals surface area contributed by atoms with Crippen molar-refractivity contribution in [3.63, 3.8) is 0 Å². The minimum atomic E-state index is 1.17. The molecule has 0 heterocycles. The minimum absolute atomic E-state index is 1.17. The highest BCUT2D eigenvalue weighted by Crippen LogP contribution is 2.29. The van der Waals surface area contributed by atoms with E-state index in [1.807, 2.05) is 0 Å². The molecule has 0 aromatic heterocycles. The predicted octanol–water partition coefficient (Wildman–Crippen LogP) is 2.33. The topological polar surface area (TPSA) is 0 Å². The summed E-state index contributed by atoms with van der Waals surface area (Å²) in [5.74, 6) is 0. The van der Waals surface area contributed by atoms with Crippen molar-refractivity contribution in [2.24, 2.45) is 0 Å². The molecule has 0 saturated heterocycles. The van der Waals surface area contributed by atoms with Crippen LogP contribution in [0.15, 0.2) is 0 Å². The van der Waals surface area contributed by atoms with Crippen molar-refractivity contribution < 1.29 is 0 Å². The Bertz CT molecular complexity index is 37.2. The first-order valence-electron chi connectivity index (χ1n) is 2.40. The molecule has 1 aliphatic carbocycles. The molecule has 0 aromatic rings. The summed E-state index contributed by atoms with van der Waals surface area (Å²) >= 11 is 5.63. The highest BCUT2D eigenvalue weighted by Gasteiger charge is 2.10. The summed E-state index contributed by atoms with van der Waals surface area (Å²) in [6, 6.07) is 0. The van der Waals surface area contributed by atoms with Gasteiger partial charge in [-0.3, -0.25) is 0 Å². The maximum Gasteiger partial charge on any atom is 0.0637 e. The first kappa shape index (κ1) is 4.45.